The summed E-state index contributed by atoms with van der Waals surface area (Å²) in [5.41, 5.74) is 5.95. The van der Waals surface area contributed by atoms with Gasteiger partial charge < -0.3 is 4.74 Å². The van der Waals surface area contributed by atoms with Gasteiger partial charge in [-0.15, -0.1) is 0 Å². The molecule has 0 radical (unpaired) electrons. The molecule has 4 aromatic rings. The molecule has 0 saturated heterocycles. The Labute approximate surface area is 211 Å². The van der Waals surface area contributed by atoms with Crippen LogP contribution in [0, 0.1) is 5.82 Å². The Morgan fingerprint density at radius 1 is 1.06 bits per heavy atom. The first kappa shape index (κ1) is 22.4. The van der Waals surface area contributed by atoms with Gasteiger partial charge in [0.05, 0.1) is 16.3 Å². The first-order valence-corrected chi connectivity index (χ1v) is 12.7. The average molecular weight is 495 g/mol. The van der Waals surface area contributed by atoms with Crippen molar-refractivity contribution in [3.05, 3.63) is 139 Å². The summed E-state index contributed by atoms with van der Waals surface area (Å²) >= 11 is 1.37. The third-order valence-corrected chi connectivity index (χ3v) is 7.60. The number of nitrogens with zero attached hydrogens (tertiary/aromatic N) is 2. The van der Waals surface area contributed by atoms with E-state index in [1.807, 2.05) is 42.5 Å². The zero-order chi connectivity index (χ0) is 24.6. The van der Waals surface area contributed by atoms with Crippen LogP contribution in [-0.2, 0) is 6.42 Å². The second-order valence-corrected chi connectivity index (χ2v) is 9.81. The third-order valence-electron chi connectivity index (χ3n) is 6.62. The largest absolute Gasteiger partial charge is 0.489 e. The van der Waals surface area contributed by atoms with Gasteiger partial charge in [-0.1, -0.05) is 78.6 Å². The fourth-order valence-electron chi connectivity index (χ4n) is 4.99. The number of benzene rings is 3. The summed E-state index contributed by atoms with van der Waals surface area (Å²) in [5, 5.41) is 0. The number of aromatic nitrogens is 1. The van der Waals surface area contributed by atoms with Crippen LogP contribution in [-0.4, -0.2) is 11.2 Å². The lowest BCUT2D eigenvalue weighted by molar-refractivity contribution is 0.362. The summed E-state index contributed by atoms with van der Waals surface area (Å²) in [4.78, 5) is 19.5. The summed E-state index contributed by atoms with van der Waals surface area (Å²) in [6.45, 7) is 4.09. The van der Waals surface area contributed by atoms with Gasteiger partial charge in [0.15, 0.2) is 4.80 Å². The van der Waals surface area contributed by atoms with Crippen molar-refractivity contribution in [3.8, 4) is 5.75 Å². The molecule has 1 aromatic heterocycles. The molecule has 6 rings (SSSR count). The van der Waals surface area contributed by atoms with E-state index in [1.54, 1.807) is 22.8 Å². The number of halogens is 1. The average Bonchev–Trinajstić information content (AvgIpc) is 3.22. The van der Waals surface area contributed by atoms with Crippen LogP contribution in [0.15, 0.2) is 101 Å². The van der Waals surface area contributed by atoms with Gasteiger partial charge in [-0.3, -0.25) is 9.36 Å². The highest BCUT2D eigenvalue weighted by Gasteiger charge is 2.32. The van der Waals surface area contributed by atoms with Gasteiger partial charge in [0.25, 0.3) is 5.56 Å². The van der Waals surface area contributed by atoms with E-state index in [-0.39, 0.29) is 17.4 Å². The van der Waals surface area contributed by atoms with Gasteiger partial charge in [-0.2, -0.15) is 0 Å². The maximum atomic E-state index is 13.8. The monoisotopic (exact) mass is 494 g/mol. The number of rotatable bonds is 5. The van der Waals surface area contributed by atoms with Crippen molar-refractivity contribution in [1.29, 1.82) is 0 Å². The standard InChI is InChI=1S/C30H23FN2O2S/c1-2-17-35-25-10-6-4-8-21(25)18-26-29(34)33-28(20-11-14-22(31)15-12-20)24-16-13-19-7-3-5-9-23(19)27(24)32-30(33)36-26/h2-12,14-15,18,28H,1,13,16-17H2. The quantitative estimate of drug-likeness (QED) is 0.366. The molecular weight excluding hydrogens is 471 g/mol. The third kappa shape index (κ3) is 3.84. The molecule has 3 aromatic carbocycles. The molecule has 36 heavy (non-hydrogen) atoms. The normalized spacial score (nSPS) is 16.6. The molecule has 0 bridgehead atoms. The lowest BCUT2D eigenvalue weighted by Crippen LogP contribution is -2.38. The molecule has 0 N–H and O–H groups in total. The molecule has 1 unspecified atom stereocenters. The van der Waals surface area contributed by atoms with Crippen molar-refractivity contribution >= 4 is 23.1 Å². The SMILES string of the molecule is C=CCOc1ccccc1C=c1sc2n(c1=O)C(c1ccc(F)cc1)C1=C(N=2)c2ccccc2CC1. The van der Waals surface area contributed by atoms with Gasteiger partial charge >= 0.3 is 0 Å². The van der Waals surface area contributed by atoms with E-state index < -0.39 is 0 Å². The Kier molecular flexibility index (Phi) is 5.74. The number of hydrogen-bond acceptors (Lipinski definition) is 4. The molecule has 0 amide bonds. The molecule has 0 fully saturated rings. The van der Waals surface area contributed by atoms with Crippen molar-refractivity contribution in [3.63, 3.8) is 0 Å². The minimum Gasteiger partial charge on any atom is -0.489 e. The van der Waals surface area contributed by atoms with E-state index >= 15 is 0 Å². The summed E-state index contributed by atoms with van der Waals surface area (Å²) < 4.78 is 21.9. The molecule has 4 nitrogen and oxygen atoms in total. The van der Waals surface area contributed by atoms with Crippen LogP contribution in [0.4, 0.5) is 4.39 Å². The van der Waals surface area contributed by atoms with E-state index in [0.717, 1.165) is 40.8 Å². The van der Waals surface area contributed by atoms with Crippen LogP contribution >= 0.6 is 11.3 Å². The molecule has 2 heterocycles. The molecular formula is C30H23FN2O2S. The van der Waals surface area contributed by atoms with Crippen molar-refractivity contribution < 1.29 is 9.13 Å². The van der Waals surface area contributed by atoms with Crippen LogP contribution in [0.2, 0.25) is 0 Å². The summed E-state index contributed by atoms with van der Waals surface area (Å²) in [6, 6.07) is 22.0. The van der Waals surface area contributed by atoms with E-state index in [2.05, 4.69) is 18.7 Å². The van der Waals surface area contributed by atoms with Crippen LogP contribution in [0.25, 0.3) is 11.8 Å². The molecule has 0 saturated carbocycles. The molecule has 0 spiro atoms. The number of aryl methyl sites for hydroxylation is 1. The Morgan fingerprint density at radius 2 is 1.83 bits per heavy atom. The first-order chi connectivity index (χ1) is 17.6. The van der Waals surface area contributed by atoms with E-state index in [4.69, 9.17) is 9.73 Å². The minimum absolute atomic E-state index is 0.114. The number of allylic oxidation sites excluding steroid dienone is 1. The van der Waals surface area contributed by atoms with Crippen molar-refractivity contribution in [2.75, 3.05) is 6.61 Å². The van der Waals surface area contributed by atoms with Gasteiger partial charge in [0.2, 0.25) is 0 Å². The minimum atomic E-state index is -0.334. The van der Waals surface area contributed by atoms with E-state index in [9.17, 15) is 9.18 Å². The Hall–Kier alpha value is -4.03. The fraction of sp³-hybridized carbons (Fsp3) is 0.133. The highest BCUT2D eigenvalue weighted by atomic mass is 32.1. The van der Waals surface area contributed by atoms with E-state index in [1.165, 1.54) is 29.0 Å². The zero-order valence-electron chi connectivity index (χ0n) is 19.5. The number of ether oxygens (including phenoxy) is 1. The van der Waals surface area contributed by atoms with Crippen molar-refractivity contribution in [2.45, 2.75) is 18.9 Å². The summed E-state index contributed by atoms with van der Waals surface area (Å²) in [5.74, 6) is 0.386. The number of thiazole rings is 1. The number of para-hydroxylation sites is 1. The van der Waals surface area contributed by atoms with Crippen LogP contribution < -0.4 is 19.6 Å². The fourth-order valence-corrected chi connectivity index (χ4v) is 5.98. The Morgan fingerprint density at radius 3 is 2.67 bits per heavy atom. The highest BCUT2D eigenvalue weighted by molar-refractivity contribution is 7.07. The predicted molar refractivity (Wildman–Crippen MR) is 141 cm³/mol. The van der Waals surface area contributed by atoms with Gasteiger partial charge in [-0.25, -0.2) is 9.38 Å². The predicted octanol–water partition coefficient (Wildman–Crippen LogP) is 5.02. The van der Waals surface area contributed by atoms with Crippen molar-refractivity contribution in [1.82, 2.24) is 4.57 Å². The molecule has 2 aliphatic rings. The molecule has 1 aliphatic heterocycles. The Balaban J connectivity index is 1.58. The molecule has 178 valence electrons. The molecule has 1 aliphatic carbocycles. The molecule has 6 heteroatoms. The highest BCUT2D eigenvalue weighted by Crippen LogP contribution is 2.41. The van der Waals surface area contributed by atoms with Crippen LogP contribution in [0.3, 0.4) is 0 Å². The smallest absolute Gasteiger partial charge is 0.271 e. The maximum absolute atomic E-state index is 13.8. The molecule has 1 atom stereocenters. The topological polar surface area (TPSA) is 43.6 Å². The Bertz CT molecular complexity index is 1700. The lowest BCUT2D eigenvalue weighted by Gasteiger charge is -2.30. The van der Waals surface area contributed by atoms with Gasteiger partial charge in [-0.05, 0) is 53.8 Å². The van der Waals surface area contributed by atoms with Crippen LogP contribution in [0.5, 0.6) is 5.75 Å². The first-order valence-electron chi connectivity index (χ1n) is 11.9. The van der Waals surface area contributed by atoms with Crippen molar-refractivity contribution in [2.24, 2.45) is 4.99 Å². The van der Waals surface area contributed by atoms with Gasteiger partial charge in [0.1, 0.15) is 18.2 Å². The maximum Gasteiger partial charge on any atom is 0.271 e. The van der Waals surface area contributed by atoms with Gasteiger partial charge in [0, 0.05) is 11.1 Å². The van der Waals surface area contributed by atoms with Crippen LogP contribution in [0.1, 0.15) is 34.7 Å². The lowest BCUT2D eigenvalue weighted by atomic mass is 9.83. The number of hydrogen-bond donors (Lipinski definition) is 0. The summed E-state index contributed by atoms with van der Waals surface area (Å²) in [6.07, 6.45) is 5.22. The summed E-state index contributed by atoms with van der Waals surface area (Å²) in [7, 11) is 0. The number of fused-ring (bicyclic) bond motifs is 3. The second kappa shape index (κ2) is 9.21. The van der Waals surface area contributed by atoms with E-state index in [0.29, 0.717) is 21.7 Å². The second-order valence-electron chi connectivity index (χ2n) is 8.80. The zero-order valence-corrected chi connectivity index (χ0v) is 20.3.